The fourth-order valence-corrected chi connectivity index (χ4v) is 4.09. The molecule has 0 radical (unpaired) electrons. The molecular weight excluding hydrogens is 308 g/mol. The zero-order valence-corrected chi connectivity index (χ0v) is 15.5. The molecule has 1 heterocycles. The van der Waals surface area contributed by atoms with Gasteiger partial charge in [-0.15, -0.1) is 0 Å². The smallest absolute Gasteiger partial charge is 0.412 e. The molecule has 1 atom stereocenters. The molecule has 5 heteroatoms. The van der Waals surface area contributed by atoms with Crippen molar-refractivity contribution in [3.63, 3.8) is 0 Å². The van der Waals surface area contributed by atoms with Gasteiger partial charge in [0.25, 0.3) is 0 Å². The van der Waals surface area contributed by atoms with Crippen LogP contribution in [0.15, 0.2) is 24.3 Å². The molecule has 0 bridgehead atoms. The second-order valence-electron chi connectivity index (χ2n) is 7.72. The Morgan fingerprint density at radius 2 is 2.00 bits per heavy atom. The number of ether oxygens (including phenoxy) is 1. The number of carbonyl (C=O) groups is 1. The predicted molar refractivity (Wildman–Crippen MR) is 99.4 cm³/mol. The van der Waals surface area contributed by atoms with Crippen molar-refractivity contribution in [1.29, 1.82) is 0 Å². The van der Waals surface area contributed by atoms with E-state index in [0.29, 0.717) is 6.04 Å². The van der Waals surface area contributed by atoms with Crippen LogP contribution >= 0.6 is 11.8 Å². The average molecular weight is 337 g/mol. The van der Waals surface area contributed by atoms with Gasteiger partial charge in [-0.3, -0.25) is 5.32 Å². The number of amides is 1. The minimum Gasteiger partial charge on any atom is -0.444 e. The van der Waals surface area contributed by atoms with Gasteiger partial charge in [-0.2, -0.15) is 11.8 Å². The van der Waals surface area contributed by atoms with Crippen LogP contribution in [0, 0.1) is 5.41 Å². The SMILES string of the molecule is CC(C)(C)OC(=O)Nc1cccc(NC2CSCCC2(C)C)c1. The van der Waals surface area contributed by atoms with E-state index in [0.717, 1.165) is 17.1 Å². The van der Waals surface area contributed by atoms with Gasteiger partial charge in [0, 0.05) is 23.2 Å². The molecule has 1 unspecified atom stereocenters. The Hall–Kier alpha value is -1.36. The molecule has 1 aliphatic rings. The molecule has 2 rings (SSSR count). The van der Waals surface area contributed by atoms with Crippen LogP contribution in [0.2, 0.25) is 0 Å². The minimum atomic E-state index is -0.497. The fourth-order valence-electron chi connectivity index (χ4n) is 2.48. The van der Waals surface area contributed by atoms with Gasteiger partial charge >= 0.3 is 6.09 Å². The van der Waals surface area contributed by atoms with Crippen LogP contribution in [0.5, 0.6) is 0 Å². The Balaban J connectivity index is 2.01. The van der Waals surface area contributed by atoms with Crippen molar-refractivity contribution in [2.75, 3.05) is 22.1 Å². The fraction of sp³-hybridized carbons (Fsp3) is 0.611. The van der Waals surface area contributed by atoms with Crippen LogP contribution in [0.25, 0.3) is 0 Å². The topological polar surface area (TPSA) is 50.4 Å². The number of hydrogen-bond donors (Lipinski definition) is 2. The van der Waals surface area contributed by atoms with Crippen molar-refractivity contribution in [2.24, 2.45) is 5.41 Å². The molecule has 23 heavy (non-hydrogen) atoms. The number of anilines is 2. The average Bonchev–Trinajstić information content (AvgIpc) is 2.39. The summed E-state index contributed by atoms with van der Waals surface area (Å²) in [6.07, 6.45) is 0.786. The molecule has 0 aliphatic carbocycles. The highest BCUT2D eigenvalue weighted by atomic mass is 32.2. The van der Waals surface area contributed by atoms with Gasteiger partial charge in [-0.1, -0.05) is 19.9 Å². The Kier molecular flexibility index (Phi) is 5.50. The summed E-state index contributed by atoms with van der Waals surface area (Å²) in [6, 6.07) is 8.24. The Morgan fingerprint density at radius 1 is 1.30 bits per heavy atom. The summed E-state index contributed by atoms with van der Waals surface area (Å²) < 4.78 is 5.29. The normalized spacial score (nSPS) is 20.7. The van der Waals surface area contributed by atoms with Crippen molar-refractivity contribution in [3.8, 4) is 0 Å². The quantitative estimate of drug-likeness (QED) is 0.817. The third-order valence-corrected chi connectivity index (χ3v) is 5.03. The summed E-state index contributed by atoms with van der Waals surface area (Å²) in [5.41, 5.74) is 1.55. The third kappa shape index (κ3) is 5.65. The van der Waals surface area contributed by atoms with Crippen LogP contribution in [0.3, 0.4) is 0 Å². The zero-order chi connectivity index (χ0) is 17.1. The van der Waals surface area contributed by atoms with E-state index in [1.807, 2.05) is 56.8 Å². The molecule has 1 fully saturated rings. The highest BCUT2D eigenvalue weighted by Gasteiger charge is 2.32. The van der Waals surface area contributed by atoms with E-state index in [1.165, 1.54) is 12.2 Å². The molecule has 1 aromatic carbocycles. The summed E-state index contributed by atoms with van der Waals surface area (Å²) in [7, 11) is 0. The first-order chi connectivity index (χ1) is 10.7. The van der Waals surface area contributed by atoms with E-state index in [9.17, 15) is 4.79 Å². The maximum Gasteiger partial charge on any atom is 0.412 e. The van der Waals surface area contributed by atoms with Crippen LogP contribution in [-0.2, 0) is 4.74 Å². The molecule has 0 aromatic heterocycles. The van der Waals surface area contributed by atoms with Crippen LogP contribution < -0.4 is 10.6 Å². The number of rotatable bonds is 3. The van der Waals surface area contributed by atoms with Crippen LogP contribution in [0.4, 0.5) is 16.2 Å². The summed E-state index contributed by atoms with van der Waals surface area (Å²) in [5.74, 6) is 2.34. The Labute approximate surface area is 143 Å². The second-order valence-corrected chi connectivity index (χ2v) is 8.87. The molecule has 0 saturated carbocycles. The third-order valence-electron chi connectivity index (χ3n) is 3.97. The highest BCUT2D eigenvalue weighted by molar-refractivity contribution is 7.99. The van der Waals surface area contributed by atoms with E-state index in [-0.39, 0.29) is 5.41 Å². The maximum absolute atomic E-state index is 11.9. The molecule has 2 N–H and O–H groups in total. The van der Waals surface area contributed by atoms with Gasteiger partial charge in [0.1, 0.15) is 5.60 Å². The molecule has 0 spiro atoms. The number of hydrogen-bond acceptors (Lipinski definition) is 4. The Morgan fingerprint density at radius 3 is 2.65 bits per heavy atom. The van der Waals surface area contributed by atoms with Gasteiger partial charge in [0.15, 0.2) is 0 Å². The second kappa shape index (κ2) is 7.04. The summed E-state index contributed by atoms with van der Waals surface area (Å²) in [6.45, 7) is 10.2. The lowest BCUT2D eigenvalue weighted by molar-refractivity contribution is 0.0636. The van der Waals surface area contributed by atoms with Gasteiger partial charge in [-0.25, -0.2) is 4.79 Å². The number of benzene rings is 1. The molecule has 1 aliphatic heterocycles. The highest BCUT2D eigenvalue weighted by Crippen LogP contribution is 2.36. The van der Waals surface area contributed by atoms with Crippen molar-refractivity contribution >= 4 is 29.2 Å². The van der Waals surface area contributed by atoms with Gasteiger partial charge in [0.05, 0.1) is 0 Å². The molecule has 1 aromatic rings. The lowest BCUT2D eigenvalue weighted by Crippen LogP contribution is -2.41. The standard InChI is InChI=1S/C18H28N2O2S/c1-17(2,3)22-16(21)20-14-8-6-7-13(11-14)19-15-12-23-10-9-18(15,4)5/h6-8,11,15,19H,9-10,12H2,1-5H3,(H,20,21). The molecular formula is C18H28N2O2S. The van der Waals surface area contributed by atoms with Crippen LogP contribution in [0.1, 0.15) is 41.0 Å². The lowest BCUT2D eigenvalue weighted by Gasteiger charge is -2.39. The van der Waals surface area contributed by atoms with E-state index >= 15 is 0 Å². The summed E-state index contributed by atoms with van der Waals surface area (Å²) in [4.78, 5) is 11.9. The van der Waals surface area contributed by atoms with E-state index in [1.54, 1.807) is 0 Å². The van der Waals surface area contributed by atoms with E-state index in [4.69, 9.17) is 4.74 Å². The number of thioether (sulfide) groups is 1. The number of nitrogens with one attached hydrogen (secondary N) is 2. The van der Waals surface area contributed by atoms with Crippen molar-refractivity contribution in [1.82, 2.24) is 0 Å². The lowest BCUT2D eigenvalue weighted by atomic mass is 9.82. The largest absolute Gasteiger partial charge is 0.444 e. The first-order valence-electron chi connectivity index (χ1n) is 8.10. The van der Waals surface area contributed by atoms with Crippen LogP contribution in [-0.4, -0.2) is 29.2 Å². The van der Waals surface area contributed by atoms with E-state index < -0.39 is 11.7 Å². The Bertz CT molecular complexity index is 552. The molecule has 4 nitrogen and oxygen atoms in total. The summed E-state index contributed by atoms with van der Waals surface area (Å²) in [5, 5.41) is 6.41. The monoisotopic (exact) mass is 336 g/mol. The first kappa shape index (κ1) is 18.0. The van der Waals surface area contributed by atoms with Gasteiger partial charge < -0.3 is 10.1 Å². The molecule has 1 amide bonds. The number of carbonyl (C=O) groups excluding carboxylic acids is 1. The molecule has 128 valence electrons. The van der Waals surface area contributed by atoms with Crippen molar-refractivity contribution < 1.29 is 9.53 Å². The summed E-state index contributed by atoms with van der Waals surface area (Å²) >= 11 is 1.99. The first-order valence-corrected chi connectivity index (χ1v) is 9.25. The van der Waals surface area contributed by atoms with Crippen molar-refractivity contribution in [3.05, 3.63) is 24.3 Å². The van der Waals surface area contributed by atoms with E-state index in [2.05, 4.69) is 24.5 Å². The predicted octanol–water partition coefficient (Wildman–Crippen LogP) is 4.98. The van der Waals surface area contributed by atoms with Gasteiger partial charge in [0.2, 0.25) is 0 Å². The van der Waals surface area contributed by atoms with Gasteiger partial charge in [-0.05, 0) is 56.6 Å². The zero-order valence-electron chi connectivity index (χ0n) is 14.7. The van der Waals surface area contributed by atoms with Crippen molar-refractivity contribution in [2.45, 2.75) is 52.7 Å². The minimum absolute atomic E-state index is 0.278. The maximum atomic E-state index is 11.9. The molecule has 1 saturated heterocycles.